The molecular weight excluding hydrogens is 279 g/mol. The van der Waals surface area contributed by atoms with Crippen molar-refractivity contribution in [1.82, 2.24) is 4.90 Å². The number of hydrogen-bond donors (Lipinski definition) is 0. The van der Waals surface area contributed by atoms with Crippen molar-refractivity contribution in [2.24, 2.45) is 0 Å². The fourth-order valence-corrected chi connectivity index (χ4v) is 1.98. The van der Waals surface area contributed by atoms with E-state index < -0.39 is 17.6 Å². The molecule has 5 heteroatoms. The highest BCUT2D eigenvalue weighted by Gasteiger charge is 2.31. The number of carbonyl (C=O) groups is 1. The second-order valence-corrected chi connectivity index (χ2v) is 4.73. The van der Waals surface area contributed by atoms with E-state index in [1.807, 2.05) is 30.3 Å². The Morgan fingerprint density at radius 3 is 2.33 bits per heavy atom. The van der Waals surface area contributed by atoms with Crippen LogP contribution < -0.4 is 0 Å². The van der Waals surface area contributed by atoms with Crippen molar-refractivity contribution in [2.45, 2.75) is 12.7 Å². The van der Waals surface area contributed by atoms with E-state index >= 15 is 0 Å². The smallest absolute Gasteiger partial charge is 0.337 e. The molecule has 0 aromatic heterocycles. The van der Waals surface area contributed by atoms with Gasteiger partial charge >= 0.3 is 6.18 Å². The standard InChI is InChI=1S/C16H14F3NO/c1-20(11-12-6-3-2-4-7-12)15(21)13-8-5-9-14(10-13)16(17,18)19/h2-10H,11H2,1H3. The lowest BCUT2D eigenvalue weighted by Gasteiger charge is -2.18. The molecule has 2 rings (SSSR count). The number of amides is 1. The van der Waals surface area contributed by atoms with Gasteiger partial charge in [0, 0.05) is 19.2 Å². The molecule has 0 spiro atoms. The van der Waals surface area contributed by atoms with Gasteiger partial charge in [0.2, 0.25) is 0 Å². The molecule has 0 radical (unpaired) electrons. The molecule has 0 N–H and O–H groups in total. The zero-order chi connectivity index (χ0) is 15.5. The van der Waals surface area contributed by atoms with Crippen LogP contribution in [0.5, 0.6) is 0 Å². The fraction of sp³-hybridized carbons (Fsp3) is 0.188. The van der Waals surface area contributed by atoms with Gasteiger partial charge in [-0.15, -0.1) is 0 Å². The highest BCUT2D eigenvalue weighted by atomic mass is 19.4. The number of benzene rings is 2. The number of halogens is 3. The summed E-state index contributed by atoms with van der Waals surface area (Å²) in [5, 5.41) is 0. The highest BCUT2D eigenvalue weighted by molar-refractivity contribution is 5.94. The van der Waals surface area contributed by atoms with Crippen LogP contribution in [0.1, 0.15) is 21.5 Å². The molecule has 0 fully saturated rings. The van der Waals surface area contributed by atoms with Crippen LogP contribution in [0.15, 0.2) is 54.6 Å². The second kappa shape index (κ2) is 5.99. The zero-order valence-electron chi connectivity index (χ0n) is 11.4. The lowest BCUT2D eigenvalue weighted by atomic mass is 10.1. The lowest BCUT2D eigenvalue weighted by molar-refractivity contribution is -0.137. The Morgan fingerprint density at radius 2 is 1.71 bits per heavy atom. The number of hydrogen-bond acceptors (Lipinski definition) is 1. The van der Waals surface area contributed by atoms with Crippen molar-refractivity contribution < 1.29 is 18.0 Å². The summed E-state index contributed by atoms with van der Waals surface area (Å²) in [4.78, 5) is 13.6. The molecule has 0 bridgehead atoms. The first-order valence-electron chi connectivity index (χ1n) is 6.34. The van der Waals surface area contributed by atoms with E-state index in [4.69, 9.17) is 0 Å². The van der Waals surface area contributed by atoms with Gasteiger partial charge in [-0.1, -0.05) is 36.4 Å². The third-order valence-corrected chi connectivity index (χ3v) is 3.05. The summed E-state index contributed by atoms with van der Waals surface area (Å²) in [6, 6.07) is 13.7. The SMILES string of the molecule is CN(Cc1ccccc1)C(=O)c1cccc(C(F)(F)F)c1. The van der Waals surface area contributed by atoms with Crippen LogP contribution in [-0.2, 0) is 12.7 Å². The molecule has 0 aliphatic carbocycles. The Balaban J connectivity index is 2.16. The normalized spacial score (nSPS) is 11.2. The summed E-state index contributed by atoms with van der Waals surface area (Å²) in [7, 11) is 1.57. The molecule has 0 saturated heterocycles. The molecule has 0 atom stereocenters. The first-order chi connectivity index (χ1) is 9.88. The van der Waals surface area contributed by atoms with E-state index in [1.54, 1.807) is 7.05 Å². The van der Waals surface area contributed by atoms with E-state index in [0.717, 1.165) is 17.7 Å². The maximum Gasteiger partial charge on any atom is 0.416 e. The van der Waals surface area contributed by atoms with Gasteiger partial charge in [0.15, 0.2) is 0 Å². The third-order valence-electron chi connectivity index (χ3n) is 3.05. The number of alkyl halides is 3. The minimum atomic E-state index is -4.45. The molecule has 0 unspecified atom stereocenters. The van der Waals surface area contributed by atoms with Gasteiger partial charge in [-0.2, -0.15) is 13.2 Å². The van der Waals surface area contributed by atoms with E-state index in [2.05, 4.69) is 0 Å². The Bertz CT molecular complexity index is 623. The van der Waals surface area contributed by atoms with Gasteiger partial charge in [0.1, 0.15) is 0 Å². The van der Waals surface area contributed by atoms with Gasteiger partial charge in [-0.05, 0) is 23.8 Å². The van der Waals surface area contributed by atoms with Crippen LogP contribution >= 0.6 is 0 Å². The highest BCUT2D eigenvalue weighted by Crippen LogP contribution is 2.29. The topological polar surface area (TPSA) is 20.3 Å². The van der Waals surface area contributed by atoms with Crippen molar-refractivity contribution in [3.8, 4) is 0 Å². The van der Waals surface area contributed by atoms with Crippen LogP contribution in [-0.4, -0.2) is 17.9 Å². The van der Waals surface area contributed by atoms with Crippen LogP contribution in [0.2, 0.25) is 0 Å². The molecule has 0 heterocycles. The van der Waals surface area contributed by atoms with E-state index in [9.17, 15) is 18.0 Å². The molecule has 2 aromatic rings. The summed E-state index contributed by atoms with van der Waals surface area (Å²) in [5.74, 6) is -0.440. The van der Waals surface area contributed by atoms with Gasteiger partial charge in [0.05, 0.1) is 5.56 Å². The molecule has 110 valence electrons. The molecule has 1 amide bonds. The van der Waals surface area contributed by atoms with Gasteiger partial charge < -0.3 is 4.90 Å². The van der Waals surface area contributed by atoms with Crippen LogP contribution in [0.25, 0.3) is 0 Å². The molecule has 0 saturated carbocycles. The van der Waals surface area contributed by atoms with Crippen molar-refractivity contribution in [3.63, 3.8) is 0 Å². The number of rotatable bonds is 3. The Morgan fingerprint density at radius 1 is 1.05 bits per heavy atom. The van der Waals surface area contributed by atoms with Crippen LogP contribution in [0.4, 0.5) is 13.2 Å². The van der Waals surface area contributed by atoms with Gasteiger partial charge in [-0.3, -0.25) is 4.79 Å². The van der Waals surface area contributed by atoms with Crippen molar-refractivity contribution >= 4 is 5.91 Å². The second-order valence-electron chi connectivity index (χ2n) is 4.73. The molecular formula is C16H14F3NO. The maximum absolute atomic E-state index is 12.7. The summed E-state index contributed by atoms with van der Waals surface area (Å²) in [5.41, 5.74) is 0.130. The summed E-state index contributed by atoms with van der Waals surface area (Å²) >= 11 is 0. The first-order valence-corrected chi connectivity index (χ1v) is 6.34. The average molecular weight is 293 g/mol. The fourth-order valence-electron chi connectivity index (χ4n) is 1.98. The predicted molar refractivity (Wildman–Crippen MR) is 73.7 cm³/mol. The van der Waals surface area contributed by atoms with E-state index in [-0.39, 0.29) is 5.56 Å². The maximum atomic E-state index is 12.7. The van der Waals surface area contributed by atoms with E-state index in [1.165, 1.54) is 17.0 Å². The monoisotopic (exact) mass is 293 g/mol. The Labute approximate surface area is 120 Å². The first kappa shape index (κ1) is 15.1. The molecule has 2 nitrogen and oxygen atoms in total. The molecule has 0 aliphatic heterocycles. The molecule has 0 aliphatic rings. The predicted octanol–water partition coefficient (Wildman–Crippen LogP) is 3.98. The summed E-state index contributed by atoms with van der Waals surface area (Å²) < 4.78 is 38.0. The summed E-state index contributed by atoms with van der Waals surface area (Å²) in [6.07, 6.45) is -4.45. The largest absolute Gasteiger partial charge is 0.416 e. The Kier molecular flexibility index (Phi) is 4.31. The van der Waals surface area contributed by atoms with Crippen LogP contribution in [0.3, 0.4) is 0 Å². The number of nitrogens with zero attached hydrogens (tertiary/aromatic N) is 1. The van der Waals surface area contributed by atoms with Gasteiger partial charge in [0.25, 0.3) is 5.91 Å². The molecule has 2 aromatic carbocycles. The van der Waals surface area contributed by atoms with Crippen molar-refractivity contribution in [3.05, 3.63) is 71.3 Å². The molecule has 21 heavy (non-hydrogen) atoms. The van der Waals surface area contributed by atoms with Crippen molar-refractivity contribution in [1.29, 1.82) is 0 Å². The zero-order valence-corrected chi connectivity index (χ0v) is 11.4. The van der Waals surface area contributed by atoms with E-state index in [0.29, 0.717) is 6.54 Å². The Hall–Kier alpha value is -2.30. The lowest BCUT2D eigenvalue weighted by Crippen LogP contribution is -2.26. The minimum absolute atomic E-state index is 0.0308. The number of carbonyl (C=O) groups excluding carboxylic acids is 1. The van der Waals surface area contributed by atoms with Crippen LogP contribution in [0, 0.1) is 0 Å². The van der Waals surface area contributed by atoms with Crippen molar-refractivity contribution in [2.75, 3.05) is 7.05 Å². The summed E-state index contributed by atoms with van der Waals surface area (Å²) in [6.45, 7) is 0.343. The van der Waals surface area contributed by atoms with Gasteiger partial charge in [-0.25, -0.2) is 0 Å². The quantitative estimate of drug-likeness (QED) is 0.838. The average Bonchev–Trinajstić information content (AvgIpc) is 2.46. The third kappa shape index (κ3) is 3.84. The minimum Gasteiger partial charge on any atom is -0.337 e.